The zero-order valence-electron chi connectivity index (χ0n) is 19.4. The third-order valence-corrected chi connectivity index (χ3v) is 8.61. The van der Waals surface area contributed by atoms with Crippen molar-refractivity contribution in [3.05, 3.63) is 64.0 Å². The Bertz CT molecular complexity index is 1490. The molecule has 17 heteroatoms. The van der Waals surface area contributed by atoms with Gasteiger partial charge in [0.1, 0.15) is 46.4 Å². The average molecular weight is 611 g/mol. The van der Waals surface area contributed by atoms with E-state index in [1.54, 1.807) is 0 Å². The Labute approximate surface area is 228 Å². The first-order chi connectivity index (χ1) is 18.3. The smallest absolute Gasteiger partial charge is 0.329 e. The van der Waals surface area contributed by atoms with Gasteiger partial charge in [-0.05, 0) is 30.3 Å². The predicted octanol–water partition coefficient (Wildman–Crippen LogP) is 2.86. The molecular weight excluding hydrogens is 592 g/mol. The van der Waals surface area contributed by atoms with Crippen LogP contribution >= 0.6 is 23.2 Å². The molecule has 6 atom stereocenters. The number of halogens is 5. The minimum atomic E-state index is -4.07. The van der Waals surface area contributed by atoms with E-state index in [2.05, 4.69) is 10.3 Å². The summed E-state index contributed by atoms with van der Waals surface area (Å²) in [7, 11) is -4.07. The highest BCUT2D eigenvalue weighted by atomic mass is 35.5. The third-order valence-electron chi connectivity index (χ3n) is 5.89. The lowest BCUT2D eigenvalue weighted by Crippen LogP contribution is -2.59. The second-order valence-corrected chi connectivity index (χ2v) is 11.3. The number of aliphatic hydroxyl groups is 2. The van der Waals surface area contributed by atoms with E-state index in [1.807, 2.05) is 0 Å². The van der Waals surface area contributed by atoms with Gasteiger partial charge < -0.3 is 24.8 Å². The molecule has 1 aliphatic rings. The number of aliphatic carboxylic acids is 1. The molecule has 0 spiro atoms. The summed E-state index contributed by atoms with van der Waals surface area (Å²) >= 11 is 11.9. The second-order valence-electron chi connectivity index (χ2n) is 8.39. The number of hydrogen-bond donors (Lipinski definition) is 4. The number of aromatic nitrogens is 3. The zero-order valence-corrected chi connectivity index (χ0v) is 21.7. The fourth-order valence-electron chi connectivity index (χ4n) is 4.03. The fraction of sp³-hybridized carbons (Fsp3) is 0.318. The number of aliphatic hydroxyl groups excluding tert-OH is 2. The Morgan fingerprint density at radius 1 is 1.18 bits per heavy atom. The first kappa shape index (κ1) is 29.2. The summed E-state index contributed by atoms with van der Waals surface area (Å²) in [6.07, 6.45) is -3.73. The van der Waals surface area contributed by atoms with Gasteiger partial charge in [-0.15, -0.1) is 5.10 Å². The van der Waals surface area contributed by atoms with Crippen LogP contribution in [0.4, 0.5) is 13.2 Å². The van der Waals surface area contributed by atoms with Crippen LogP contribution < -0.4 is 0 Å². The van der Waals surface area contributed by atoms with Crippen molar-refractivity contribution < 1.29 is 47.0 Å². The topological polar surface area (TPSA) is 168 Å². The van der Waals surface area contributed by atoms with Crippen LogP contribution in [0.25, 0.3) is 11.3 Å². The van der Waals surface area contributed by atoms with E-state index in [1.165, 1.54) is 12.1 Å². The van der Waals surface area contributed by atoms with Crippen molar-refractivity contribution in [2.45, 2.75) is 34.7 Å². The summed E-state index contributed by atoms with van der Waals surface area (Å²) in [5.74, 6) is -6.14. The molecule has 11 nitrogen and oxygen atoms in total. The summed E-state index contributed by atoms with van der Waals surface area (Å²) in [5.41, 5.74) is -2.21. The third kappa shape index (κ3) is 5.75. The molecule has 0 amide bonds. The van der Waals surface area contributed by atoms with Crippen molar-refractivity contribution in [3.8, 4) is 11.3 Å². The number of ether oxygens (including phenoxy) is 2. The van der Waals surface area contributed by atoms with E-state index >= 15 is 0 Å². The van der Waals surface area contributed by atoms with Crippen LogP contribution in [0, 0.1) is 22.2 Å². The first-order valence-electron chi connectivity index (χ1n) is 10.9. The molecule has 0 bridgehead atoms. The summed E-state index contributed by atoms with van der Waals surface area (Å²) in [4.78, 5) is 11.1. The van der Waals surface area contributed by atoms with Crippen LogP contribution in [0.5, 0.6) is 0 Å². The maximum absolute atomic E-state index is 13.8. The van der Waals surface area contributed by atoms with E-state index in [4.69, 9.17) is 37.5 Å². The van der Waals surface area contributed by atoms with Gasteiger partial charge in [-0.1, -0.05) is 28.4 Å². The number of carboxylic acids is 1. The molecule has 2 unspecified atom stereocenters. The number of hydrogen-bond acceptors (Lipinski definition) is 9. The summed E-state index contributed by atoms with van der Waals surface area (Å²) in [6, 6.07) is 3.50. The standard InChI is InChI=1S/C22H19Cl2F3N4O7S/c23-11-2-1-10(5-12(11)24)39(28,36)22-21(37-8-17(33)34)19(20(35)16(7-32)38-22)31-6-15(29-30-31)9-3-13(25)18(27)14(26)4-9/h1-6,16,19-22,28,32,35H,7-8H2,(H,33,34)/t16-,19+,20+,21-,22?,39?/m1/s1. The highest BCUT2D eigenvalue weighted by Gasteiger charge is 2.51. The molecule has 0 saturated carbocycles. The molecule has 1 fully saturated rings. The molecule has 0 aliphatic carbocycles. The number of rotatable bonds is 8. The Morgan fingerprint density at radius 3 is 2.44 bits per heavy atom. The van der Waals surface area contributed by atoms with Gasteiger partial charge in [0.25, 0.3) is 0 Å². The van der Waals surface area contributed by atoms with Crippen LogP contribution in [0.1, 0.15) is 6.04 Å². The van der Waals surface area contributed by atoms with E-state index in [0.29, 0.717) is 12.1 Å². The van der Waals surface area contributed by atoms with Gasteiger partial charge in [-0.2, -0.15) is 0 Å². The van der Waals surface area contributed by atoms with Crippen LogP contribution in [0.3, 0.4) is 0 Å². The highest BCUT2D eigenvalue weighted by molar-refractivity contribution is 7.93. The van der Waals surface area contributed by atoms with Crippen molar-refractivity contribution in [3.63, 3.8) is 0 Å². The molecule has 3 aromatic rings. The van der Waals surface area contributed by atoms with E-state index in [0.717, 1.165) is 16.9 Å². The number of benzene rings is 2. The number of nitrogens with one attached hydrogen (secondary N) is 1. The maximum Gasteiger partial charge on any atom is 0.329 e. The van der Waals surface area contributed by atoms with Crippen LogP contribution in [0.15, 0.2) is 41.4 Å². The maximum atomic E-state index is 13.8. The van der Waals surface area contributed by atoms with E-state index < -0.39 is 76.2 Å². The molecule has 4 rings (SSSR count). The number of nitrogens with zero attached hydrogens (tertiary/aromatic N) is 3. The van der Waals surface area contributed by atoms with Crippen molar-refractivity contribution in [2.24, 2.45) is 0 Å². The van der Waals surface area contributed by atoms with Gasteiger partial charge in [-0.25, -0.2) is 31.6 Å². The molecule has 1 aliphatic heterocycles. The molecule has 210 valence electrons. The van der Waals surface area contributed by atoms with Gasteiger partial charge in [0.15, 0.2) is 22.9 Å². The summed E-state index contributed by atoms with van der Waals surface area (Å²) < 4.78 is 75.5. The molecule has 2 heterocycles. The Kier molecular flexibility index (Phi) is 8.51. The van der Waals surface area contributed by atoms with Gasteiger partial charge in [-0.3, -0.25) is 0 Å². The Balaban J connectivity index is 1.81. The lowest BCUT2D eigenvalue weighted by molar-refractivity contribution is -0.198. The largest absolute Gasteiger partial charge is 0.480 e. The van der Waals surface area contributed by atoms with Crippen molar-refractivity contribution in [1.82, 2.24) is 15.0 Å². The molecule has 0 radical (unpaired) electrons. The van der Waals surface area contributed by atoms with Gasteiger partial charge >= 0.3 is 5.97 Å². The Hall–Kier alpha value is -2.79. The quantitative estimate of drug-likeness (QED) is 0.280. The summed E-state index contributed by atoms with van der Waals surface area (Å²) in [6.45, 7) is -1.81. The highest BCUT2D eigenvalue weighted by Crippen LogP contribution is 2.38. The molecule has 39 heavy (non-hydrogen) atoms. The molecule has 1 aromatic heterocycles. The van der Waals surface area contributed by atoms with Crippen molar-refractivity contribution in [1.29, 1.82) is 4.78 Å². The average Bonchev–Trinajstić information content (AvgIpc) is 3.36. The zero-order chi connectivity index (χ0) is 28.6. The summed E-state index contributed by atoms with van der Waals surface area (Å²) in [5, 5.41) is 37.7. The van der Waals surface area contributed by atoms with Gasteiger partial charge in [0.2, 0.25) is 0 Å². The Morgan fingerprint density at radius 2 is 1.85 bits per heavy atom. The molecular formula is C22H19Cl2F3N4O7S. The molecule has 4 N–H and O–H groups in total. The predicted molar refractivity (Wildman–Crippen MR) is 129 cm³/mol. The van der Waals surface area contributed by atoms with Crippen molar-refractivity contribution >= 4 is 38.9 Å². The lowest BCUT2D eigenvalue weighted by Gasteiger charge is -2.44. The SMILES string of the molecule is N=S(=O)(c1ccc(Cl)c(Cl)c1)C1O[C@H](CO)[C@H](O)[C@H](n2cc(-c3cc(F)c(F)c(F)c3)nn2)[C@H]1OCC(=O)O. The lowest BCUT2D eigenvalue weighted by atomic mass is 9.97. The second kappa shape index (κ2) is 11.4. The first-order valence-corrected chi connectivity index (χ1v) is 13.3. The van der Waals surface area contributed by atoms with Crippen LogP contribution in [-0.2, 0) is 24.0 Å². The van der Waals surface area contributed by atoms with Crippen LogP contribution in [-0.4, -0.2) is 77.5 Å². The molecule has 1 saturated heterocycles. The molecule has 2 aromatic carbocycles. The number of carbonyl (C=O) groups is 1. The number of carboxylic acid groups (broad SMARTS) is 1. The minimum Gasteiger partial charge on any atom is -0.480 e. The minimum absolute atomic E-state index is 0.0390. The fourth-order valence-corrected chi connectivity index (χ4v) is 6.14. The van der Waals surface area contributed by atoms with Gasteiger partial charge in [0.05, 0.1) is 27.7 Å². The van der Waals surface area contributed by atoms with Gasteiger partial charge in [0, 0.05) is 5.56 Å². The normalized spacial score (nSPS) is 24.8. The van der Waals surface area contributed by atoms with Crippen LogP contribution in [0.2, 0.25) is 10.0 Å². The monoisotopic (exact) mass is 610 g/mol. The van der Waals surface area contributed by atoms with Crippen molar-refractivity contribution in [2.75, 3.05) is 13.2 Å². The van der Waals surface area contributed by atoms with E-state index in [-0.39, 0.29) is 26.2 Å². The van der Waals surface area contributed by atoms with E-state index in [9.17, 15) is 37.5 Å².